The smallest absolute Gasteiger partial charge is 0.192 e. The number of rotatable bonds is 10. The lowest BCUT2D eigenvalue weighted by molar-refractivity contribution is 0.251. The fraction of sp³-hybridized carbons (Fsp3) is 0.611. The van der Waals surface area contributed by atoms with Gasteiger partial charge in [-0.3, -0.25) is 0 Å². The quantitative estimate of drug-likeness (QED) is 0.262. The lowest BCUT2D eigenvalue weighted by Crippen LogP contribution is -2.39. The van der Waals surface area contributed by atoms with Crippen molar-refractivity contribution in [3.05, 3.63) is 34.0 Å². The van der Waals surface area contributed by atoms with Gasteiger partial charge < -0.3 is 20.3 Å². The molecule has 27 heavy (non-hydrogen) atoms. The van der Waals surface area contributed by atoms with Gasteiger partial charge in [-0.15, -0.1) is 45.5 Å². The normalized spacial score (nSPS) is 12.5. The SMILES string of the molecule is CCCC(CCO)CNC(=NCc1nnc(C)n1C)NCc1cccs1.I. The summed E-state index contributed by atoms with van der Waals surface area (Å²) < 4.78 is 1.95. The second kappa shape index (κ2) is 13.1. The maximum Gasteiger partial charge on any atom is 0.192 e. The third-order valence-corrected chi connectivity index (χ3v) is 5.24. The first-order chi connectivity index (χ1) is 12.6. The van der Waals surface area contributed by atoms with Crippen LogP contribution in [0.2, 0.25) is 0 Å². The van der Waals surface area contributed by atoms with E-state index in [1.807, 2.05) is 24.6 Å². The van der Waals surface area contributed by atoms with E-state index >= 15 is 0 Å². The largest absolute Gasteiger partial charge is 0.396 e. The van der Waals surface area contributed by atoms with Crippen LogP contribution in [0.25, 0.3) is 0 Å². The van der Waals surface area contributed by atoms with E-state index in [-0.39, 0.29) is 30.6 Å². The van der Waals surface area contributed by atoms with Crippen molar-refractivity contribution in [2.24, 2.45) is 18.0 Å². The number of hydrogen-bond donors (Lipinski definition) is 3. The summed E-state index contributed by atoms with van der Waals surface area (Å²) in [6.07, 6.45) is 3.01. The third-order valence-electron chi connectivity index (χ3n) is 4.36. The molecule has 1 unspecified atom stereocenters. The van der Waals surface area contributed by atoms with Gasteiger partial charge in [-0.1, -0.05) is 19.4 Å². The number of aryl methyl sites for hydroxylation is 1. The lowest BCUT2D eigenvalue weighted by atomic mass is 10.0. The Morgan fingerprint density at radius 2 is 2.15 bits per heavy atom. The van der Waals surface area contributed by atoms with Crippen molar-refractivity contribution in [1.29, 1.82) is 0 Å². The van der Waals surface area contributed by atoms with Gasteiger partial charge in [0.15, 0.2) is 11.8 Å². The van der Waals surface area contributed by atoms with Crippen molar-refractivity contribution in [3.8, 4) is 0 Å². The van der Waals surface area contributed by atoms with Crippen molar-refractivity contribution < 1.29 is 5.11 Å². The highest BCUT2D eigenvalue weighted by molar-refractivity contribution is 14.0. The van der Waals surface area contributed by atoms with Crippen molar-refractivity contribution in [2.45, 2.75) is 46.2 Å². The first-order valence-corrected chi connectivity index (χ1v) is 10.0. The van der Waals surface area contributed by atoms with Gasteiger partial charge in [0.2, 0.25) is 0 Å². The zero-order valence-electron chi connectivity index (χ0n) is 16.3. The van der Waals surface area contributed by atoms with Gasteiger partial charge >= 0.3 is 0 Å². The second-order valence-corrected chi connectivity index (χ2v) is 7.40. The first kappa shape index (κ1) is 23.8. The summed E-state index contributed by atoms with van der Waals surface area (Å²) in [5.41, 5.74) is 0. The fourth-order valence-electron chi connectivity index (χ4n) is 2.68. The number of thiophene rings is 1. The van der Waals surface area contributed by atoms with Gasteiger partial charge in [0.1, 0.15) is 12.4 Å². The van der Waals surface area contributed by atoms with E-state index in [1.54, 1.807) is 11.3 Å². The van der Waals surface area contributed by atoms with E-state index in [9.17, 15) is 5.11 Å². The number of guanidine groups is 1. The minimum absolute atomic E-state index is 0. The van der Waals surface area contributed by atoms with E-state index in [1.165, 1.54) is 4.88 Å². The first-order valence-electron chi connectivity index (χ1n) is 9.14. The van der Waals surface area contributed by atoms with Gasteiger partial charge in [0, 0.05) is 25.1 Å². The fourth-order valence-corrected chi connectivity index (χ4v) is 3.32. The molecule has 7 nitrogen and oxygen atoms in total. The van der Waals surface area contributed by atoms with Crippen LogP contribution in [0.3, 0.4) is 0 Å². The molecular formula is C18H31IN6OS. The van der Waals surface area contributed by atoms with Crippen LogP contribution in [0.4, 0.5) is 0 Å². The van der Waals surface area contributed by atoms with Crippen LogP contribution in [0.1, 0.15) is 42.7 Å². The van der Waals surface area contributed by atoms with Gasteiger partial charge in [-0.25, -0.2) is 4.99 Å². The molecule has 0 aromatic carbocycles. The van der Waals surface area contributed by atoms with E-state index in [0.717, 1.165) is 50.0 Å². The Bertz CT molecular complexity index is 667. The molecule has 0 radical (unpaired) electrons. The number of aliphatic hydroxyl groups excluding tert-OH is 1. The summed E-state index contributed by atoms with van der Waals surface area (Å²) in [6.45, 7) is 6.32. The minimum Gasteiger partial charge on any atom is -0.396 e. The predicted molar refractivity (Wildman–Crippen MR) is 122 cm³/mol. The van der Waals surface area contributed by atoms with Crippen LogP contribution in [0.5, 0.6) is 0 Å². The van der Waals surface area contributed by atoms with E-state index in [0.29, 0.717) is 12.5 Å². The Kier molecular flexibility index (Phi) is 11.5. The van der Waals surface area contributed by atoms with E-state index < -0.39 is 0 Å². The molecule has 0 aliphatic heterocycles. The molecule has 0 saturated heterocycles. The summed E-state index contributed by atoms with van der Waals surface area (Å²) in [6, 6.07) is 4.15. The Labute approximate surface area is 182 Å². The minimum atomic E-state index is 0. The molecule has 0 spiro atoms. The third kappa shape index (κ3) is 8.14. The van der Waals surface area contributed by atoms with E-state index in [2.05, 4.69) is 44.2 Å². The van der Waals surface area contributed by atoms with Gasteiger partial charge in [0.25, 0.3) is 0 Å². The Morgan fingerprint density at radius 1 is 1.33 bits per heavy atom. The molecule has 0 aliphatic rings. The topological polar surface area (TPSA) is 87.4 Å². The van der Waals surface area contributed by atoms with Crippen LogP contribution >= 0.6 is 35.3 Å². The molecular weight excluding hydrogens is 475 g/mol. The summed E-state index contributed by atoms with van der Waals surface area (Å²) in [5, 5.41) is 26.4. The number of aliphatic hydroxyl groups is 1. The van der Waals surface area contributed by atoms with Crippen LogP contribution < -0.4 is 10.6 Å². The molecule has 0 amide bonds. The zero-order chi connectivity index (χ0) is 18.8. The number of aliphatic imine (C=N–C) groups is 1. The molecule has 2 heterocycles. The molecule has 0 saturated carbocycles. The predicted octanol–water partition coefficient (Wildman–Crippen LogP) is 2.84. The van der Waals surface area contributed by atoms with E-state index in [4.69, 9.17) is 0 Å². The molecule has 0 fully saturated rings. The standard InChI is InChI=1S/C18H30N6OS.HI/c1-4-6-15(8-9-25)11-19-18(20-12-16-7-5-10-26-16)21-13-17-23-22-14(2)24(17)3;/h5,7,10,15,25H,4,6,8-9,11-13H2,1-3H3,(H2,19,20,21);1H. The maximum absolute atomic E-state index is 9.25. The summed E-state index contributed by atoms with van der Waals surface area (Å²) in [7, 11) is 1.95. The van der Waals surface area contributed by atoms with Gasteiger partial charge in [-0.05, 0) is 37.1 Å². The molecule has 0 bridgehead atoms. The van der Waals surface area contributed by atoms with Crippen LogP contribution in [-0.4, -0.2) is 39.0 Å². The van der Waals surface area contributed by atoms with Crippen molar-refractivity contribution in [2.75, 3.05) is 13.2 Å². The maximum atomic E-state index is 9.25. The summed E-state index contributed by atoms with van der Waals surface area (Å²) in [5.74, 6) is 2.91. The molecule has 152 valence electrons. The van der Waals surface area contributed by atoms with Gasteiger partial charge in [-0.2, -0.15) is 0 Å². The molecule has 1 atom stereocenters. The Morgan fingerprint density at radius 3 is 2.74 bits per heavy atom. The van der Waals surface area contributed by atoms with Crippen LogP contribution in [0, 0.1) is 12.8 Å². The molecule has 3 N–H and O–H groups in total. The zero-order valence-corrected chi connectivity index (χ0v) is 19.5. The highest BCUT2D eigenvalue weighted by atomic mass is 127. The Balaban J connectivity index is 0.00000364. The second-order valence-electron chi connectivity index (χ2n) is 6.37. The molecule has 2 aromatic heterocycles. The molecule has 0 aliphatic carbocycles. The Hall–Kier alpha value is -1.20. The van der Waals surface area contributed by atoms with Crippen molar-refractivity contribution in [1.82, 2.24) is 25.4 Å². The summed E-state index contributed by atoms with van der Waals surface area (Å²) in [4.78, 5) is 5.93. The van der Waals surface area contributed by atoms with Crippen LogP contribution in [-0.2, 0) is 20.1 Å². The van der Waals surface area contributed by atoms with Crippen molar-refractivity contribution >= 4 is 41.3 Å². The molecule has 9 heteroatoms. The highest BCUT2D eigenvalue weighted by Gasteiger charge is 2.10. The monoisotopic (exact) mass is 506 g/mol. The highest BCUT2D eigenvalue weighted by Crippen LogP contribution is 2.10. The number of aromatic nitrogens is 3. The molecule has 2 aromatic rings. The van der Waals surface area contributed by atoms with Gasteiger partial charge in [0.05, 0.1) is 6.54 Å². The number of nitrogens with zero attached hydrogens (tertiary/aromatic N) is 4. The number of nitrogens with one attached hydrogen (secondary N) is 2. The molecule has 2 rings (SSSR count). The summed E-state index contributed by atoms with van der Waals surface area (Å²) >= 11 is 1.72. The number of halogens is 1. The average Bonchev–Trinajstić information content (AvgIpc) is 3.26. The average molecular weight is 506 g/mol. The van der Waals surface area contributed by atoms with Crippen molar-refractivity contribution in [3.63, 3.8) is 0 Å². The lowest BCUT2D eigenvalue weighted by Gasteiger charge is -2.18. The number of hydrogen-bond acceptors (Lipinski definition) is 5. The van der Waals surface area contributed by atoms with Crippen LogP contribution in [0.15, 0.2) is 22.5 Å².